The first kappa shape index (κ1) is 13.2. The minimum Gasteiger partial charge on any atom is -0.496 e. The molecule has 1 aromatic rings. The number of carbonyl (C=O) groups is 2. The van der Waals surface area contributed by atoms with Crippen LogP contribution in [0.5, 0.6) is 5.75 Å². The Kier molecular flexibility index (Phi) is 3.47. The van der Waals surface area contributed by atoms with E-state index in [1.807, 2.05) is 12.1 Å². The van der Waals surface area contributed by atoms with Gasteiger partial charge < -0.3 is 9.64 Å². The fraction of sp³-hybridized carbons (Fsp3) is 0.500. The summed E-state index contributed by atoms with van der Waals surface area (Å²) in [5, 5.41) is 0. The summed E-state index contributed by atoms with van der Waals surface area (Å²) in [7, 11) is 1.56. The van der Waals surface area contributed by atoms with Crippen molar-refractivity contribution < 1.29 is 14.3 Å². The molecule has 2 fully saturated rings. The van der Waals surface area contributed by atoms with Gasteiger partial charge in [-0.3, -0.25) is 9.59 Å². The molecule has 0 radical (unpaired) electrons. The highest BCUT2D eigenvalue weighted by Crippen LogP contribution is 2.35. The lowest BCUT2D eigenvalue weighted by molar-refractivity contribution is -0.132. The molecule has 1 atom stereocenters. The topological polar surface area (TPSA) is 46.6 Å². The van der Waals surface area contributed by atoms with Crippen LogP contribution in [0.25, 0.3) is 0 Å². The van der Waals surface area contributed by atoms with E-state index in [-0.39, 0.29) is 23.7 Å². The van der Waals surface area contributed by atoms with Crippen molar-refractivity contribution in [1.82, 2.24) is 4.90 Å². The lowest BCUT2D eigenvalue weighted by Crippen LogP contribution is -2.41. The Morgan fingerprint density at radius 2 is 1.95 bits per heavy atom. The number of para-hydroxylation sites is 1. The van der Waals surface area contributed by atoms with Crippen molar-refractivity contribution in [3.63, 3.8) is 0 Å². The zero-order chi connectivity index (χ0) is 14.1. The van der Waals surface area contributed by atoms with Crippen LogP contribution in [0.1, 0.15) is 36.0 Å². The Bertz CT molecular complexity index is 536. The largest absolute Gasteiger partial charge is 0.496 e. The molecule has 1 heterocycles. The second-order valence-electron chi connectivity index (χ2n) is 5.53. The van der Waals surface area contributed by atoms with Crippen LogP contribution in [-0.2, 0) is 4.79 Å². The Hall–Kier alpha value is -1.84. The van der Waals surface area contributed by atoms with E-state index in [9.17, 15) is 9.59 Å². The average Bonchev–Trinajstić information content (AvgIpc) is 3.22. The van der Waals surface area contributed by atoms with Gasteiger partial charge in [0.1, 0.15) is 5.75 Å². The van der Waals surface area contributed by atoms with E-state index in [1.54, 1.807) is 24.1 Å². The lowest BCUT2D eigenvalue weighted by Gasteiger charge is -2.24. The molecule has 4 nitrogen and oxygen atoms in total. The second kappa shape index (κ2) is 5.27. The molecule has 20 heavy (non-hydrogen) atoms. The molecule has 1 aliphatic carbocycles. The second-order valence-corrected chi connectivity index (χ2v) is 5.53. The molecular weight excluding hydrogens is 254 g/mol. The van der Waals surface area contributed by atoms with Gasteiger partial charge >= 0.3 is 0 Å². The summed E-state index contributed by atoms with van der Waals surface area (Å²) >= 11 is 0. The number of methoxy groups -OCH3 is 1. The Morgan fingerprint density at radius 3 is 2.65 bits per heavy atom. The van der Waals surface area contributed by atoms with E-state index >= 15 is 0 Å². The molecular formula is C16H19NO3. The monoisotopic (exact) mass is 273 g/mol. The number of nitrogens with zero attached hydrogens (tertiary/aromatic N) is 1. The predicted octanol–water partition coefficient (Wildman–Crippen LogP) is 2.28. The number of hydrogen-bond acceptors (Lipinski definition) is 3. The van der Waals surface area contributed by atoms with Crippen LogP contribution in [0.4, 0.5) is 0 Å². The highest BCUT2D eigenvalue weighted by Gasteiger charge is 2.41. The molecule has 106 valence electrons. The molecule has 1 aromatic carbocycles. The molecule has 0 N–H and O–H groups in total. The summed E-state index contributed by atoms with van der Waals surface area (Å²) in [4.78, 5) is 26.7. The summed E-state index contributed by atoms with van der Waals surface area (Å²) in [5.41, 5.74) is 0.579. The van der Waals surface area contributed by atoms with Crippen LogP contribution < -0.4 is 4.74 Å². The lowest BCUT2D eigenvalue weighted by atomic mass is 10.0. The molecule has 1 saturated carbocycles. The van der Waals surface area contributed by atoms with E-state index in [0.29, 0.717) is 17.9 Å². The fourth-order valence-corrected chi connectivity index (χ4v) is 2.90. The molecule has 0 aromatic heterocycles. The zero-order valence-electron chi connectivity index (χ0n) is 11.7. The summed E-state index contributed by atoms with van der Waals surface area (Å²) in [6.07, 6.45) is 3.62. The number of ether oxygens (including phenoxy) is 1. The molecule has 0 bridgehead atoms. The number of likely N-dealkylation sites (tertiary alicyclic amines) is 1. The van der Waals surface area contributed by atoms with E-state index < -0.39 is 0 Å². The number of amides is 1. The highest BCUT2D eigenvalue weighted by molar-refractivity contribution is 6.04. The maximum Gasteiger partial charge on any atom is 0.226 e. The van der Waals surface area contributed by atoms with Gasteiger partial charge in [-0.2, -0.15) is 0 Å². The average molecular weight is 273 g/mol. The molecule has 2 aliphatic rings. The van der Waals surface area contributed by atoms with Gasteiger partial charge in [-0.1, -0.05) is 12.1 Å². The minimum atomic E-state index is -0.306. The molecule has 3 rings (SSSR count). The predicted molar refractivity (Wildman–Crippen MR) is 74.8 cm³/mol. The van der Waals surface area contributed by atoms with Crippen molar-refractivity contribution in [3.8, 4) is 5.75 Å². The third kappa shape index (κ3) is 2.30. The van der Waals surface area contributed by atoms with Gasteiger partial charge in [0.2, 0.25) is 5.91 Å². The van der Waals surface area contributed by atoms with Crippen molar-refractivity contribution in [1.29, 1.82) is 0 Å². The van der Waals surface area contributed by atoms with Crippen molar-refractivity contribution in [2.24, 2.45) is 5.92 Å². The number of Topliss-reactive ketones (excluding diaryl/α,β-unsaturated/α-hetero) is 1. The number of carbonyl (C=O) groups excluding carboxylic acids is 2. The molecule has 4 heteroatoms. The molecule has 1 amide bonds. The van der Waals surface area contributed by atoms with Gasteiger partial charge in [-0.25, -0.2) is 0 Å². The SMILES string of the molecule is COc1ccccc1C(=O)C1CCCN1C(=O)C1CC1. The van der Waals surface area contributed by atoms with Gasteiger partial charge in [-0.05, 0) is 37.8 Å². The van der Waals surface area contributed by atoms with Crippen molar-refractivity contribution >= 4 is 11.7 Å². The fourth-order valence-electron chi connectivity index (χ4n) is 2.90. The van der Waals surface area contributed by atoms with Crippen molar-refractivity contribution in [2.75, 3.05) is 13.7 Å². The van der Waals surface area contributed by atoms with Crippen molar-refractivity contribution in [3.05, 3.63) is 29.8 Å². The maximum atomic E-state index is 12.7. The van der Waals surface area contributed by atoms with Crippen LogP contribution in [0.3, 0.4) is 0 Å². The first-order chi connectivity index (χ1) is 9.72. The van der Waals surface area contributed by atoms with Gasteiger partial charge in [0, 0.05) is 12.5 Å². The van der Waals surface area contributed by atoms with Crippen LogP contribution in [0.2, 0.25) is 0 Å². The summed E-state index contributed by atoms with van der Waals surface area (Å²) < 4.78 is 5.26. The smallest absolute Gasteiger partial charge is 0.226 e. The van der Waals surface area contributed by atoms with Gasteiger partial charge in [0.15, 0.2) is 5.78 Å². The van der Waals surface area contributed by atoms with Gasteiger partial charge in [-0.15, -0.1) is 0 Å². The van der Waals surface area contributed by atoms with Crippen LogP contribution in [-0.4, -0.2) is 36.3 Å². The number of hydrogen-bond donors (Lipinski definition) is 0. The zero-order valence-corrected chi connectivity index (χ0v) is 11.7. The van der Waals surface area contributed by atoms with Crippen LogP contribution in [0, 0.1) is 5.92 Å². The normalized spacial score (nSPS) is 21.9. The van der Waals surface area contributed by atoms with Crippen molar-refractivity contribution in [2.45, 2.75) is 31.7 Å². The quantitative estimate of drug-likeness (QED) is 0.791. The van der Waals surface area contributed by atoms with E-state index in [0.717, 1.165) is 25.7 Å². The molecule has 1 unspecified atom stereocenters. The Labute approximate surface area is 118 Å². The van der Waals surface area contributed by atoms with Crippen LogP contribution in [0.15, 0.2) is 24.3 Å². The van der Waals surface area contributed by atoms with Gasteiger partial charge in [0.25, 0.3) is 0 Å². The number of rotatable bonds is 4. The molecule has 1 saturated heterocycles. The van der Waals surface area contributed by atoms with Crippen LogP contribution >= 0.6 is 0 Å². The number of benzene rings is 1. The standard InChI is InChI=1S/C16H19NO3/c1-20-14-7-3-2-5-12(14)15(18)13-6-4-10-17(13)16(19)11-8-9-11/h2-3,5,7,11,13H,4,6,8-10H2,1H3. The number of ketones is 1. The molecule has 0 spiro atoms. The maximum absolute atomic E-state index is 12.7. The Morgan fingerprint density at radius 1 is 1.20 bits per heavy atom. The van der Waals surface area contributed by atoms with E-state index in [1.165, 1.54) is 0 Å². The highest BCUT2D eigenvalue weighted by atomic mass is 16.5. The Balaban J connectivity index is 1.83. The molecule has 1 aliphatic heterocycles. The van der Waals surface area contributed by atoms with E-state index in [4.69, 9.17) is 4.74 Å². The minimum absolute atomic E-state index is 0.00829. The first-order valence-electron chi connectivity index (χ1n) is 7.20. The summed E-state index contributed by atoms with van der Waals surface area (Å²) in [5.74, 6) is 0.925. The van der Waals surface area contributed by atoms with Gasteiger partial charge in [0.05, 0.1) is 18.7 Å². The summed E-state index contributed by atoms with van der Waals surface area (Å²) in [6, 6.07) is 6.93. The third-order valence-corrected chi connectivity index (χ3v) is 4.14. The summed E-state index contributed by atoms with van der Waals surface area (Å²) in [6.45, 7) is 0.709. The first-order valence-corrected chi connectivity index (χ1v) is 7.20. The van der Waals surface area contributed by atoms with E-state index in [2.05, 4.69) is 0 Å². The third-order valence-electron chi connectivity index (χ3n) is 4.14.